The molecule has 0 aromatic carbocycles. The van der Waals surface area contributed by atoms with Crippen molar-refractivity contribution in [1.82, 2.24) is 0 Å². The molecule has 0 saturated carbocycles. The largest absolute Gasteiger partial charge is 0.466 e. The summed E-state index contributed by atoms with van der Waals surface area (Å²) in [5, 5.41) is -0.00518. The summed E-state index contributed by atoms with van der Waals surface area (Å²) >= 11 is 8.16. The van der Waals surface area contributed by atoms with E-state index in [1.165, 1.54) is 0 Å². The van der Waals surface area contributed by atoms with Crippen molar-refractivity contribution < 1.29 is 19.1 Å². The molecule has 0 aromatic rings. The highest BCUT2D eigenvalue weighted by atomic mass is 32.1. The van der Waals surface area contributed by atoms with Gasteiger partial charge in [-0.3, -0.25) is 9.59 Å². The minimum absolute atomic E-state index is 0.00259. The minimum atomic E-state index is -0.275. The summed E-state index contributed by atoms with van der Waals surface area (Å²) in [5.74, 6) is -0.550. The van der Waals surface area contributed by atoms with Crippen LogP contribution in [0.5, 0.6) is 0 Å². The van der Waals surface area contributed by atoms with Crippen molar-refractivity contribution in [1.29, 1.82) is 0 Å². The predicted octanol–water partition coefficient (Wildman–Crippen LogP) is 1.88. The lowest BCUT2D eigenvalue weighted by molar-refractivity contribution is -0.146. The number of thiol groups is 2. The fourth-order valence-corrected chi connectivity index (χ4v) is 1.33. The Hall–Kier alpha value is -0.360. The lowest BCUT2D eigenvalue weighted by Crippen LogP contribution is -2.14. The Bertz CT molecular complexity index is 218. The zero-order valence-corrected chi connectivity index (χ0v) is 12.0. The van der Waals surface area contributed by atoms with Crippen LogP contribution in [0.1, 0.15) is 33.1 Å². The normalized spacial score (nSPS) is 13.9. The molecule has 4 nitrogen and oxygen atoms in total. The van der Waals surface area contributed by atoms with Crippen LogP contribution in [0.15, 0.2) is 0 Å². The standard InChI is InChI=1S/C11H20O4S2/c1-8(16)6-10(12)14-4-3-5-15-11(13)7-9(2)17/h8-9,16-17H,3-7H2,1-2H3. The van der Waals surface area contributed by atoms with E-state index in [0.29, 0.717) is 19.3 Å². The third-order valence-electron chi connectivity index (χ3n) is 1.74. The first-order valence-electron chi connectivity index (χ1n) is 5.59. The number of hydrogen-bond acceptors (Lipinski definition) is 6. The Morgan fingerprint density at radius 1 is 0.941 bits per heavy atom. The first-order valence-corrected chi connectivity index (χ1v) is 6.62. The summed E-state index contributed by atoms with van der Waals surface area (Å²) < 4.78 is 9.84. The van der Waals surface area contributed by atoms with Gasteiger partial charge in [-0.2, -0.15) is 25.3 Å². The smallest absolute Gasteiger partial charge is 0.306 e. The van der Waals surface area contributed by atoms with Crippen LogP contribution in [0.25, 0.3) is 0 Å². The van der Waals surface area contributed by atoms with Crippen LogP contribution in [-0.4, -0.2) is 35.7 Å². The second kappa shape index (κ2) is 9.65. The average Bonchev–Trinajstić information content (AvgIpc) is 2.14. The number of rotatable bonds is 8. The number of carbonyl (C=O) groups is 2. The third kappa shape index (κ3) is 11.9. The summed E-state index contributed by atoms with van der Waals surface area (Å²) in [4.78, 5) is 22.2. The quantitative estimate of drug-likeness (QED) is 0.405. The Labute approximate surface area is 113 Å². The van der Waals surface area contributed by atoms with Crippen LogP contribution in [0.4, 0.5) is 0 Å². The maximum absolute atomic E-state index is 11.1. The van der Waals surface area contributed by atoms with Crippen molar-refractivity contribution >= 4 is 37.2 Å². The molecule has 0 rings (SSSR count). The molecule has 0 aromatic heterocycles. The van der Waals surface area contributed by atoms with E-state index in [9.17, 15) is 9.59 Å². The molecule has 0 aliphatic carbocycles. The lowest BCUT2D eigenvalue weighted by atomic mass is 10.3. The molecule has 6 heteroatoms. The van der Waals surface area contributed by atoms with Crippen molar-refractivity contribution in [3.63, 3.8) is 0 Å². The summed E-state index contributed by atoms with van der Waals surface area (Å²) in [5.41, 5.74) is 0. The fourth-order valence-electron chi connectivity index (χ4n) is 1.03. The molecule has 0 heterocycles. The molecule has 100 valence electrons. The van der Waals surface area contributed by atoms with Gasteiger partial charge >= 0.3 is 11.9 Å². The second-order valence-corrected chi connectivity index (χ2v) is 5.66. The topological polar surface area (TPSA) is 52.6 Å². The molecule has 0 N–H and O–H groups in total. The zero-order valence-electron chi connectivity index (χ0n) is 10.2. The van der Waals surface area contributed by atoms with Gasteiger partial charge in [0.1, 0.15) is 0 Å². The minimum Gasteiger partial charge on any atom is -0.466 e. The van der Waals surface area contributed by atoms with E-state index in [0.717, 1.165) is 0 Å². The van der Waals surface area contributed by atoms with Gasteiger partial charge in [-0.15, -0.1) is 0 Å². The number of ether oxygens (including phenoxy) is 2. The summed E-state index contributed by atoms with van der Waals surface area (Å²) in [6.45, 7) is 4.18. The highest BCUT2D eigenvalue weighted by molar-refractivity contribution is 7.81. The van der Waals surface area contributed by atoms with Crippen LogP contribution in [-0.2, 0) is 19.1 Å². The van der Waals surface area contributed by atoms with Crippen molar-refractivity contribution in [3.05, 3.63) is 0 Å². The Morgan fingerprint density at radius 2 is 1.29 bits per heavy atom. The molecule has 0 spiro atoms. The second-order valence-electron chi connectivity index (χ2n) is 3.90. The molecule has 0 saturated heterocycles. The molecule has 0 aliphatic rings. The van der Waals surface area contributed by atoms with E-state index in [-0.39, 0.29) is 35.7 Å². The number of esters is 2. The SMILES string of the molecule is CC(S)CC(=O)OCCCOC(=O)CC(C)S. The molecule has 2 unspecified atom stereocenters. The van der Waals surface area contributed by atoms with E-state index >= 15 is 0 Å². The van der Waals surface area contributed by atoms with Crippen molar-refractivity contribution in [2.24, 2.45) is 0 Å². The van der Waals surface area contributed by atoms with Crippen molar-refractivity contribution in [2.75, 3.05) is 13.2 Å². The lowest BCUT2D eigenvalue weighted by Gasteiger charge is -2.07. The highest BCUT2D eigenvalue weighted by Crippen LogP contribution is 2.02. The molecule has 2 atom stereocenters. The number of hydrogen-bond donors (Lipinski definition) is 2. The van der Waals surface area contributed by atoms with Gasteiger partial charge in [0.05, 0.1) is 26.1 Å². The van der Waals surface area contributed by atoms with Crippen molar-refractivity contribution in [3.8, 4) is 0 Å². The van der Waals surface area contributed by atoms with Crippen LogP contribution in [0.2, 0.25) is 0 Å². The Morgan fingerprint density at radius 3 is 1.59 bits per heavy atom. The molecule has 0 bridgehead atoms. The average molecular weight is 280 g/mol. The van der Waals surface area contributed by atoms with E-state index in [4.69, 9.17) is 9.47 Å². The van der Waals surface area contributed by atoms with Gasteiger partial charge in [-0.1, -0.05) is 13.8 Å². The first kappa shape index (κ1) is 16.6. The Kier molecular flexibility index (Phi) is 9.44. The third-order valence-corrected chi connectivity index (χ3v) is 2.10. The van der Waals surface area contributed by atoms with Crippen molar-refractivity contribution in [2.45, 2.75) is 43.6 Å². The maximum Gasteiger partial charge on any atom is 0.306 e. The van der Waals surface area contributed by atoms with E-state index < -0.39 is 0 Å². The molecule has 0 amide bonds. The van der Waals surface area contributed by atoms with Crippen LogP contribution in [0.3, 0.4) is 0 Å². The van der Waals surface area contributed by atoms with Gasteiger partial charge < -0.3 is 9.47 Å². The van der Waals surface area contributed by atoms with Gasteiger partial charge in [0.25, 0.3) is 0 Å². The molecule has 0 radical (unpaired) electrons. The molecule has 0 fully saturated rings. The summed E-state index contributed by atoms with van der Waals surface area (Å²) in [6, 6.07) is 0. The highest BCUT2D eigenvalue weighted by Gasteiger charge is 2.08. The van der Waals surface area contributed by atoms with Crippen LogP contribution >= 0.6 is 25.3 Å². The number of carbonyl (C=O) groups excluding carboxylic acids is 2. The van der Waals surface area contributed by atoms with Gasteiger partial charge in [-0.25, -0.2) is 0 Å². The molecule has 17 heavy (non-hydrogen) atoms. The fraction of sp³-hybridized carbons (Fsp3) is 0.818. The van der Waals surface area contributed by atoms with Gasteiger partial charge in [0.2, 0.25) is 0 Å². The van der Waals surface area contributed by atoms with E-state index in [1.54, 1.807) is 0 Å². The monoisotopic (exact) mass is 280 g/mol. The zero-order chi connectivity index (χ0) is 13.3. The van der Waals surface area contributed by atoms with Gasteiger partial charge in [0.15, 0.2) is 0 Å². The molecular formula is C11H20O4S2. The van der Waals surface area contributed by atoms with Gasteiger partial charge in [-0.05, 0) is 0 Å². The van der Waals surface area contributed by atoms with Crippen LogP contribution < -0.4 is 0 Å². The first-order chi connectivity index (χ1) is 7.91. The molecule has 0 aliphatic heterocycles. The predicted molar refractivity (Wildman–Crippen MR) is 72.7 cm³/mol. The molecular weight excluding hydrogens is 260 g/mol. The van der Waals surface area contributed by atoms with E-state index in [2.05, 4.69) is 25.3 Å². The van der Waals surface area contributed by atoms with E-state index in [1.807, 2.05) is 13.8 Å². The summed E-state index contributed by atoms with van der Waals surface area (Å²) in [7, 11) is 0. The van der Waals surface area contributed by atoms with Crippen LogP contribution in [0, 0.1) is 0 Å². The Balaban J connectivity index is 3.40. The summed E-state index contributed by atoms with van der Waals surface area (Å²) in [6.07, 6.45) is 1.10. The van der Waals surface area contributed by atoms with Gasteiger partial charge in [0, 0.05) is 16.9 Å². The maximum atomic E-state index is 11.1.